The highest BCUT2D eigenvalue weighted by Crippen LogP contribution is 2.22. The molecule has 112 valence electrons. The average molecular weight is 279 g/mol. The SMILES string of the molecule is Cc1oc(C)c(C(=O)N2CCN(CCCN)CC2)c1C. The van der Waals surface area contributed by atoms with E-state index in [2.05, 4.69) is 4.90 Å². The van der Waals surface area contributed by atoms with Gasteiger partial charge in [0.05, 0.1) is 5.56 Å². The maximum Gasteiger partial charge on any atom is 0.257 e. The lowest BCUT2D eigenvalue weighted by Crippen LogP contribution is -2.49. The number of aryl methyl sites for hydroxylation is 2. The predicted molar refractivity (Wildman–Crippen MR) is 78.9 cm³/mol. The van der Waals surface area contributed by atoms with Crippen molar-refractivity contribution in [3.8, 4) is 0 Å². The van der Waals surface area contributed by atoms with E-state index in [1.165, 1.54) is 0 Å². The Labute approximate surface area is 120 Å². The quantitative estimate of drug-likeness (QED) is 0.902. The molecule has 0 unspecified atom stereocenters. The number of nitrogens with two attached hydrogens (primary N) is 1. The third kappa shape index (κ3) is 3.04. The van der Waals surface area contributed by atoms with Crippen LogP contribution in [0.15, 0.2) is 4.42 Å². The maximum atomic E-state index is 12.6. The number of furan rings is 1. The molecule has 0 bridgehead atoms. The van der Waals surface area contributed by atoms with E-state index in [0.29, 0.717) is 0 Å². The van der Waals surface area contributed by atoms with Crippen LogP contribution in [-0.4, -0.2) is 55.0 Å². The summed E-state index contributed by atoms with van der Waals surface area (Å²) in [5.74, 6) is 1.68. The van der Waals surface area contributed by atoms with Gasteiger partial charge < -0.3 is 15.1 Å². The van der Waals surface area contributed by atoms with E-state index in [9.17, 15) is 4.79 Å². The van der Waals surface area contributed by atoms with Crippen LogP contribution in [0.2, 0.25) is 0 Å². The van der Waals surface area contributed by atoms with Crippen molar-refractivity contribution in [3.63, 3.8) is 0 Å². The summed E-state index contributed by atoms with van der Waals surface area (Å²) in [5.41, 5.74) is 7.25. The van der Waals surface area contributed by atoms with E-state index in [1.807, 2.05) is 25.7 Å². The van der Waals surface area contributed by atoms with Gasteiger partial charge in [-0.15, -0.1) is 0 Å². The summed E-state index contributed by atoms with van der Waals surface area (Å²) in [6.07, 6.45) is 1.02. The van der Waals surface area contributed by atoms with Crippen molar-refractivity contribution in [2.24, 2.45) is 5.73 Å². The number of carbonyl (C=O) groups is 1. The van der Waals surface area contributed by atoms with Crippen molar-refractivity contribution >= 4 is 5.91 Å². The Morgan fingerprint density at radius 2 is 1.80 bits per heavy atom. The molecule has 0 spiro atoms. The first-order valence-corrected chi connectivity index (χ1v) is 7.33. The zero-order valence-corrected chi connectivity index (χ0v) is 12.7. The number of piperazine rings is 1. The van der Waals surface area contributed by atoms with Gasteiger partial charge in [-0.1, -0.05) is 0 Å². The second-order valence-corrected chi connectivity index (χ2v) is 5.49. The monoisotopic (exact) mass is 279 g/mol. The fraction of sp³-hybridized carbons (Fsp3) is 0.667. The molecule has 5 nitrogen and oxygen atoms in total. The Bertz CT molecular complexity index is 474. The Balaban J connectivity index is 1.98. The molecule has 1 aliphatic heterocycles. The van der Waals surface area contributed by atoms with E-state index >= 15 is 0 Å². The summed E-state index contributed by atoms with van der Waals surface area (Å²) >= 11 is 0. The number of rotatable bonds is 4. The van der Waals surface area contributed by atoms with Crippen LogP contribution in [0.5, 0.6) is 0 Å². The largest absolute Gasteiger partial charge is 0.466 e. The van der Waals surface area contributed by atoms with Crippen LogP contribution < -0.4 is 5.73 Å². The van der Waals surface area contributed by atoms with Crippen molar-refractivity contribution in [1.29, 1.82) is 0 Å². The van der Waals surface area contributed by atoms with Gasteiger partial charge in [0.1, 0.15) is 11.5 Å². The zero-order valence-electron chi connectivity index (χ0n) is 12.7. The number of amides is 1. The van der Waals surface area contributed by atoms with E-state index in [4.69, 9.17) is 10.2 Å². The average Bonchev–Trinajstić information content (AvgIpc) is 2.70. The maximum absolute atomic E-state index is 12.6. The van der Waals surface area contributed by atoms with E-state index in [0.717, 1.165) is 68.3 Å². The molecule has 2 heterocycles. The van der Waals surface area contributed by atoms with Gasteiger partial charge in [-0.05, 0) is 40.3 Å². The molecule has 2 rings (SSSR count). The van der Waals surface area contributed by atoms with Crippen molar-refractivity contribution in [1.82, 2.24) is 9.80 Å². The van der Waals surface area contributed by atoms with Crippen LogP contribution in [0.25, 0.3) is 0 Å². The lowest BCUT2D eigenvalue weighted by Gasteiger charge is -2.34. The highest BCUT2D eigenvalue weighted by atomic mass is 16.3. The molecule has 5 heteroatoms. The number of hydrogen-bond acceptors (Lipinski definition) is 4. The molecule has 20 heavy (non-hydrogen) atoms. The molecule has 0 aliphatic carbocycles. The van der Waals surface area contributed by atoms with Gasteiger partial charge in [-0.2, -0.15) is 0 Å². The first-order chi connectivity index (χ1) is 9.54. The Morgan fingerprint density at radius 1 is 1.15 bits per heavy atom. The number of carbonyl (C=O) groups excluding carboxylic acids is 1. The molecule has 1 aromatic heterocycles. The molecule has 1 aliphatic rings. The summed E-state index contributed by atoms with van der Waals surface area (Å²) < 4.78 is 5.56. The Kier molecular flexibility index (Phi) is 4.83. The first-order valence-electron chi connectivity index (χ1n) is 7.33. The molecular formula is C15H25N3O2. The molecule has 0 radical (unpaired) electrons. The standard InChI is InChI=1S/C15H25N3O2/c1-11-12(2)20-13(3)14(11)15(19)18-9-7-17(8-10-18)6-4-5-16/h4-10,16H2,1-3H3. The highest BCUT2D eigenvalue weighted by molar-refractivity contribution is 5.97. The van der Waals surface area contributed by atoms with Gasteiger partial charge in [-0.25, -0.2) is 0 Å². The molecule has 1 amide bonds. The van der Waals surface area contributed by atoms with Gasteiger partial charge in [-0.3, -0.25) is 9.69 Å². The molecule has 0 saturated carbocycles. The Hall–Kier alpha value is -1.33. The fourth-order valence-electron chi connectivity index (χ4n) is 2.76. The summed E-state index contributed by atoms with van der Waals surface area (Å²) in [6, 6.07) is 0. The molecule has 0 atom stereocenters. The highest BCUT2D eigenvalue weighted by Gasteiger charge is 2.26. The second-order valence-electron chi connectivity index (χ2n) is 5.49. The molecule has 2 N–H and O–H groups in total. The van der Waals surface area contributed by atoms with Gasteiger partial charge >= 0.3 is 0 Å². The van der Waals surface area contributed by atoms with Gasteiger partial charge in [0.15, 0.2) is 0 Å². The van der Waals surface area contributed by atoms with Crippen LogP contribution in [-0.2, 0) is 0 Å². The lowest BCUT2D eigenvalue weighted by molar-refractivity contribution is 0.0634. The van der Waals surface area contributed by atoms with Crippen LogP contribution in [0, 0.1) is 20.8 Å². The minimum atomic E-state index is 0.107. The fourth-order valence-corrected chi connectivity index (χ4v) is 2.76. The van der Waals surface area contributed by atoms with Crippen LogP contribution in [0.1, 0.15) is 33.9 Å². The van der Waals surface area contributed by atoms with Crippen molar-refractivity contribution in [2.45, 2.75) is 27.2 Å². The molecule has 1 aromatic rings. The zero-order chi connectivity index (χ0) is 14.7. The minimum Gasteiger partial charge on any atom is -0.466 e. The molecule has 1 saturated heterocycles. The lowest BCUT2D eigenvalue weighted by atomic mass is 10.1. The summed E-state index contributed by atoms with van der Waals surface area (Å²) in [5, 5.41) is 0. The number of nitrogens with zero attached hydrogens (tertiary/aromatic N) is 2. The van der Waals surface area contributed by atoms with Crippen LogP contribution in [0.3, 0.4) is 0 Å². The van der Waals surface area contributed by atoms with Gasteiger partial charge in [0.2, 0.25) is 0 Å². The summed E-state index contributed by atoms with van der Waals surface area (Å²) in [7, 11) is 0. The van der Waals surface area contributed by atoms with Gasteiger partial charge in [0, 0.05) is 31.7 Å². The van der Waals surface area contributed by atoms with E-state index in [-0.39, 0.29) is 5.91 Å². The first kappa shape index (κ1) is 15.1. The second kappa shape index (κ2) is 6.41. The molecule has 0 aromatic carbocycles. The van der Waals surface area contributed by atoms with Crippen molar-refractivity contribution in [2.75, 3.05) is 39.3 Å². The normalized spacial score (nSPS) is 16.7. The number of hydrogen-bond donors (Lipinski definition) is 1. The summed E-state index contributed by atoms with van der Waals surface area (Å²) in [6.45, 7) is 10.9. The molecule has 1 fully saturated rings. The smallest absolute Gasteiger partial charge is 0.257 e. The van der Waals surface area contributed by atoms with Crippen molar-refractivity contribution in [3.05, 3.63) is 22.6 Å². The Morgan fingerprint density at radius 3 is 2.30 bits per heavy atom. The predicted octanol–water partition coefficient (Wildman–Crippen LogP) is 1.31. The van der Waals surface area contributed by atoms with Crippen molar-refractivity contribution < 1.29 is 9.21 Å². The third-order valence-electron chi connectivity index (χ3n) is 4.11. The van der Waals surface area contributed by atoms with E-state index < -0.39 is 0 Å². The summed E-state index contributed by atoms with van der Waals surface area (Å²) in [4.78, 5) is 16.9. The van der Waals surface area contributed by atoms with Crippen LogP contribution in [0.4, 0.5) is 0 Å². The van der Waals surface area contributed by atoms with Gasteiger partial charge in [0.25, 0.3) is 5.91 Å². The molecular weight excluding hydrogens is 254 g/mol. The van der Waals surface area contributed by atoms with E-state index in [1.54, 1.807) is 0 Å². The third-order valence-corrected chi connectivity index (χ3v) is 4.11. The topological polar surface area (TPSA) is 62.7 Å². The van der Waals surface area contributed by atoms with Crippen LogP contribution >= 0.6 is 0 Å². The minimum absolute atomic E-state index is 0.107.